The second kappa shape index (κ2) is 20.7. The number of hydrogen-bond donors (Lipinski definition) is 7. The lowest BCUT2D eigenvalue weighted by atomic mass is 10.0. The standard InChI is InChI=1S/C32H44ClN7O6/c1-21(41)18-36-31(45)26(6-2-4-16-34)39-29(43)20-38-32(46)27(7-3-5-17-35)40-28(42)19-37-30(44)24-10-8-22(9-11-24)23-12-14-25(33)15-13-23/h8-15,26-27H,2-7,16-20,34-35H2,1H3,(H,36,45)(H,37,44)(H,38,46)(H,39,43)(H,40,42). The van der Waals surface area contributed by atoms with E-state index in [9.17, 15) is 28.8 Å². The van der Waals surface area contributed by atoms with E-state index in [1.165, 1.54) is 6.92 Å². The number of carbonyl (C=O) groups is 6. The molecule has 2 unspecified atom stereocenters. The van der Waals surface area contributed by atoms with Crippen LogP contribution in [0.3, 0.4) is 0 Å². The molecule has 13 nitrogen and oxygen atoms in total. The van der Waals surface area contributed by atoms with Crippen LogP contribution >= 0.6 is 11.6 Å². The van der Waals surface area contributed by atoms with Crippen molar-refractivity contribution in [3.63, 3.8) is 0 Å². The number of benzene rings is 2. The summed E-state index contributed by atoms with van der Waals surface area (Å²) < 4.78 is 0. The fourth-order valence-electron chi connectivity index (χ4n) is 4.36. The molecule has 0 heterocycles. The molecule has 9 N–H and O–H groups in total. The zero-order valence-corrected chi connectivity index (χ0v) is 26.8. The van der Waals surface area contributed by atoms with E-state index in [-0.39, 0.29) is 25.3 Å². The highest BCUT2D eigenvalue weighted by Gasteiger charge is 2.24. The smallest absolute Gasteiger partial charge is 0.251 e. The molecule has 2 rings (SSSR count). The monoisotopic (exact) mass is 657 g/mol. The first kappa shape index (κ1) is 37.9. The average Bonchev–Trinajstić information content (AvgIpc) is 3.04. The Kier molecular flexibility index (Phi) is 17.0. The lowest BCUT2D eigenvalue weighted by Gasteiger charge is -2.20. The molecular weight excluding hydrogens is 614 g/mol. The van der Waals surface area contributed by atoms with Crippen molar-refractivity contribution < 1.29 is 28.8 Å². The maximum atomic E-state index is 13.0. The SMILES string of the molecule is CC(=O)CNC(=O)C(CCCCN)NC(=O)CNC(=O)C(CCCCN)NC(=O)CNC(=O)c1ccc(-c2ccc(Cl)cc2)cc1. The van der Waals surface area contributed by atoms with Crippen LogP contribution in [-0.4, -0.2) is 80.1 Å². The van der Waals surface area contributed by atoms with Crippen molar-refractivity contribution >= 4 is 46.9 Å². The number of nitrogens with one attached hydrogen (secondary N) is 5. The van der Waals surface area contributed by atoms with E-state index >= 15 is 0 Å². The number of unbranched alkanes of at least 4 members (excludes halogenated alkanes) is 2. The van der Waals surface area contributed by atoms with Crippen molar-refractivity contribution in [3.05, 3.63) is 59.1 Å². The van der Waals surface area contributed by atoms with Crippen LogP contribution in [0.5, 0.6) is 0 Å². The fourth-order valence-corrected chi connectivity index (χ4v) is 4.48. The van der Waals surface area contributed by atoms with Gasteiger partial charge in [-0.3, -0.25) is 28.8 Å². The Balaban J connectivity index is 1.91. The fraction of sp³-hybridized carbons (Fsp3) is 0.438. The average molecular weight is 658 g/mol. The van der Waals surface area contributed by atoms with Crippen LogP contribution in [-0.2, 0) is 24.0 Å². The van der Waals surface area contributed by atoms with E-state index in [0.717, 1.165) is 11.1 Å². The normalized spacial score (nSPS) is 11.9. The molecule has 5 amide bonds. The molecule has 0 aliphatic rings. The van der Waals surface area contributed by atoms with Gasteiger partial charge in [0.1, 0.15) is 17.9 Å². The molecular formula is C32H44ClN7O6. The first-order valence-corrected chi connectivity index (χ1v) is 15.6. The molecule has 46 heavy (non-hydrogen) atoms. The Hall–Kier alpha value is -4.33. The molecule has 0 aliphatic heterocycles. The molecule has 2 atom stereocenters. The van der Waals surface area contributed by atoms with Gasteiger partial charge in [-0.05, 0) is 93.9 Å². The van der Waals surface area contributed by atoms with Gasteiger partial charge in [-0.1, -0.05) is 35.9 Å². The Bertz CT molecular complexity index is 1320. The topological polar surface area (TPSA) is 215 Å². The predicted molar refractivity (Wildman–Crippen MR) is 176 cm³/mol. The van der Waals surface area contributed by atoms with Crippen molar-refractivity contribution in [1.82, 2.24) is 26.6 Å². The lowest BCUT2D eigenvalue weighted by molar-refractivity contribution is -0.132. The molecule has 0 saturated heterocycles. The zero-order chi connectivity index (χ0) is 33.9. The van der Waals surface area contributed by atoms with Crippen LogP contribution in [0.2, 0.25) is 5.02 Å². The molecule has 0 radical (unpaired) electrons. The van der Waals surface area contributed by atoms with Gasteiger partial charge in [-0.25, -0.2) is 0 Å². The lowest BCUT2D eigenvalue weighted by Crippen LogP contribution is -2.53. The summed E-state index contributed by atoms with van der Waals surface area (Å²) in [4.78, 5) is 74.6. The van der Waals surface area contributed by atoms with Crippen LogP contribution in [0, 0.1) is 0 Å². The minimum Gasteiger partial charge on any atom is -0.347 e. The molecule has 14 heteroatoms. The summed E-state index contributed by atoms with van der Waals surface area (Å²) in [5, 5.41) is 13.3. The van der Waals surface area contributed by atoms with Crippen molar-refractivity contribution in [2.45, 2.75) is 57.5 Å². The van der Waals surface area contributed by atoms with Crippen LogP contribution in [0.4, 0.5) is 0 Å². The maximum absolute atomic E-state index is 13.0. The molecule has 250 valence electrons. The van der Waals surface area contributed by atoms with E-state index in [1.54, 1.807) is 36.4 Å². The van der Waals surface area contributed by atoms with Gasteiger partial charge in [0, 0.05) is 10.6 Å². The number of amides is 5. The zero-order valence-electron chi connectivity index (χ0n) is 26.0. The van der Waals surface area contributed by atoms with Gasteiger partial charge in [-0.15, -0.1) is 0 Å². The number of rotatable bonds is 20. The Labute approximate surface area is 273 Å². The third-order valence-electron chi connectivity index (χ3n) is 6.87. The summed E-state index contributed by atoms with van der Waals surface area (Å²) in [6, 6.07) is 12.2. The first-order chi connectivity index (χ1) is 22.0. The Morgan fingerprint density at radius 1 is 0.630 bits per heavy atom. The highest BCUT2D eigenvalue weighted by Crippen LogP contribution is 2.21. The molecule has 0 aliphatic carbocycles. The van der Waals surface area contributed by atoms with Crippen LogP contribution in [0.15, 0.2) is 48.5 Å². The summed E-state index contributed by atoms with van der Waals surface area (Å²) in [6.45, 7) is 1.16. The number of hydrogen-bond acceptors (Lipinski definition) is 8. The van der Waals surface area contributed by atoms with E-state index in [4.69, 9.17) is 23.1 Å². The maximum Gasteiger partial charge on any atom is 0.251 e. The quantitative estimate of drug-likeness (QED) is 0.101. The van der Waals surface area contributed by atoms with Crippen molar-refractivity contribution in [2.75, 3.05) is 32.7 Å². The summed E-state index contributed by atoms with van der Waals surface area (Å²) >= 11 is 5.94. The summed E-state index contributed by atoms with van der Waals surface area (Å²) in [7, 11) is 0. The number of halogens is 1. The minimum atomic E-state index is -0.985. The van der Waals surface area contributed by atoms with Crippen LogP contribution < -0.4 is 38.1 Å². The first-order valence-electron chi connectivity index (χ1n) is 15.2. The van der Waals surface area contributed by atoms with Gasteiger partial charge in [0.15, 0.2) is 0 Å². The molecule has 0 fully saturated rings. The van der Waals surface area contributed by atoms with E-state index in [1.807, 2.05) is 12.1 Å². The van der Waals surface area contributed by atoms with Crippen molar-refractivity contribution in [1.29, 1.82) is 0 Å². The van der Waals surface area contributed by atoms with Gasteiger partial charge in [0.05, 0.1) is 19.6 Å². The highest BCUT2D eigenvalue weighted by molar-refractivity contribution is 6.30. The molecule has 0 spiro atoms. The van der Waals surface area contributed by atoms with E-state index in [0.29, 0.717) is 55.8 Å². The third kappa shape index (κ3) is 14.2. The molecule has 0 bridgehead atoms. The highest BCUT2D eigenvalue weighted by atomic mass is 35.5. The number of ketones is 1. The summed E-state index contributed by atoms with van der Waals surface area (Å²) in [5.74, 6) is -3.04. The largest absolute Gasteiger partial charge is 0.347 e. The summed E-state index contributed by atoms with van der Waals surface area (Å²) in [6.07, 6.45) is 2.92. The van der Waals surface area contributed by atoms with Crippen LogP contribution in [0.25, 0.3) is 11.1 Å². The van der Waals surface area contributed by atoms with Crippen LogP contribution in [0.1, 0.15) is 55.8 Å². The summed E-state index contributed by atoms with van der Waals surface area (Å²) in [5.41, 5.74) is 13.3. The van der Waals surface area contributed by atoms with Gasteiger partial charge < -0.3 is 38.1 Å². The Morgan fingerprint density at radius 3 is 1.52 bits per heavy atom. The number of carbonyl (C=O) groups excluding carboxylic acids is 6. The number of Topliss-reactive ketones (excluding diaryl/α,β-unsaturated/α-hetero) is 1. The van der Waals surface area contributed by atoms with Gasteiger partial charge in [0.25, 0.3) is 5.91 Å². The van der Waals surface area contributed by atoms with Gasteiger partial charge >= 0.3 is 0 Å². The second-order valence-corrected chi connectivity index (χ2v) is 11.2. The van der Waals surface area contributed by atoms with Gasteiger partial charge in [0.2, 0.25) is 23.6 Å². The minimum absolute atomic E-state index is 0.167. The third-order valence-corrected chi connectivity index (χ3v) is 7.12. The molecule has 0 aromatic heterocycles. The molecule has 0 saturated carbocycles. The molecule has 2 aromatic carbocycles. The molecule has 2 aromatic rings. The van der Waals surface area contributed by atoms with E-state index < -0.39 is 48.2 Å². The van der Waals surface area contributed by atoms with Crippen molar-refractivity contribution in [2.24, 2.45) is 11.5 Å². The number of nitrogens with two attached hydrogens (primary N) is 2. The Morgan fingerprint density at radius 2 is 1.07 bits per heavy atom. The van der Waals surface area contributed by atoms with E-state index in [2.05, 4.69) is 26.6 Å². The second-order valence-electron chi connectivity index (χ2n) is 10.7. The predicted octanol–water partition coefficient (Wildman–Crippen LogP) is 0.786. The van der Waals surface area contributed by atoms with Crippen molar-refractivity contribution in [3.8, 4) is 11.1 Å². The van der Waals surface area contributed by atoms with Gasteiger partial charge in [-0.2, -0.15) is 0 Å².